The molecule has 9 nitrogen and oxygen atoms in total. The van der Waals surface area contributed by atoms with Crippen molar-refractivity contribution in [2.45, 2.75) is 71.6 Å². The molecule has 1 aliphatic rings. The molecule has 1 aromatic carbocycles. The van der Waals surface area contributed by atoms with Crippen molar-refractivity contribution in [3.8, 4) is 0 Å². The van der Waals surface area contributed by atoms with E-state index in [4.69, 9.17) is 15.2 Å². The van der Waals surface area contributed by atoms with Crippen molar-refractivity contribution in [3.63, 3.8) is 0 Å². The number of hydrogen-bond donors (Lipinski definition) is 3. The Hall–Kier alpha value is -2.81. The zero-order valence-corrected chi connectivity index (χ0v) is 19.5. The predicted molar refractivity (Wildman–Crippen MR) is 120 cm³/mol. The van der Waals surface area contributed by atoms with Crippen LogP contribution in [0.15, 0.2) is 29.3 Å². The number of amides is 2. The van der Waals surface area contributed by atoms with Crippen LogP contribution in [0, 0.1) is 0 Å². The molecule has 1 heterocycles. The minimum absolute atomic E-state index is 0.194. The lowest BCUT2D eigenvalue weighted by Crippen LogP contribution is -2.54. The number of guanidine groups is 1. The first-order chi connectivity index (χ1) is 14.3. The maximum Gasteiger partial charge on any atom is 0.412 e. The normalized spacial score (nSPS) is 21.0. The first kappa shape index (κ1) is 24.5. The van der Waals surface area contributed by atoms with Crippen LogP contribution in [0.25, 0.3) is 0 Å². The maximum absolute atomic E-state index is 12.9. The molecule has 0 spiro atoms. The van der Waals surface area contributed by atoms with E-state index in [-0.39, 0.29) is 12.1 Å². The lowest BCUT2D eigenvalue weighted by atomic mass is 10.1. The third kappa shape index (κ3) is 6.58. The molecule has 31 heavy (non-hydrogen) atoms. The summed E-state index contributed by atoms with van der Waals surface area (Å²) in [5.41, 5.74) is 5.30. The molecule has 172 valence electrons. The van der Waals surface area contributed by atoms with E-state index in [1.54, 1.807) is 30.1 Å². The minimum atomic E-state index is -0.791. The molecule has 2 rings (SSSR count). The quantitative estimate of drug-likeness (QED) is 0.484. The smallest absolute Gasteiger partial charge is 0.412 e. The van der Waals surface area contributed by atoms with Gasteiger partial charge in [-0.05, 0) is 59.2 Å². The van der Waals surface area contributed by atoms with Crippen molar-refractivity contribution in [3.05, 3.63) is 35.4 Å². The molecule has 2 unspecified atom stereocenters. The minimum Gasteiger partial charge on any atom is -0.444 e. The van der Waals surface area contributed by atoms with Crippen LogP contribution in [-0.2, 0) is 16.0 Å². The molecule has 9 heteroatoms. The van der Waals surface area contributed by atoms with Gasteiger partial charge in [0.15, 0.2) is 5.96 Å². The van der Waals surface area contributed by atoms with E-state index in [2.05, 4.69) is 15.6 Å². The number of carbonyl (C=O) groups excluding carboxylic acids is 2. The Bertz CT molecular complexity index is 831. The van der Waals surface area contributed by atoms with Gasteiger partial charge in [0.1, 0.15) is 11.3 Å². The Balaban J connectivity index is 2.03. The molecule has 0 aromatic heterocycles. The van der Waals surface area contributed by atoms with Crippen molar-refractivity contribution in [1.82, 2.24) is 15.5 Å². The highest BCUT2D eigenvalue weighted by Gasteiger charge is 2.49. The topological polar surface area (TPSA) is 118 Å². The summed E-state index contributed by atoms with van der Waals surface area (Å²) in [6.07, 6.45) is -0.611. The van der Waals surface area contributed by atoms with Gasteiger partial charge in [-0.25, -0.2) is 4.79 Å². The van der Waals surface area contributed by atoms with Gasteiger partial charge in [0.25, 0.3) is 0 Å². The van der Waals surface area contributed by atoms with Gasteiger partial charge in [-0.1, -0.05) is 12.1 Å². The number of aliphatic imine (C=N–C) groups is 1. The second-order valence-corrected chi connectivity index (χ2v) is 9.06. The summed E-state index contributed by atoms with van der Waals surface area (Å²) in [4.78, 5) is 30.1. The fraction of sp³-hybridized carbons (Fsp3) is 0.591. The summed E-state index contributed by atoms with van der Waals surface area (Å²) in [6.45, 7) is 12.0. The van der Waals surface area contributed by atoms with Crippen LogP contribution in [0.3, 0.4) is 0 Å². The third-order valence-corrected chi connectivity index (χ3v) is 4.89. The van der Waals surface area contributed by atoms with E-state index < -0.39 is 23.3 Å². The van der Waals surface area contributed by atoms with E-state index in [0.29, 0.717) is 24.6 Å². The zero-order chi connectivity index (χ0) is 23.4. The van der Waals surface area contributed by atoms with Gasteiger partial charge in [0.2, 0.25) is 5.91 Å². The van der Waals surface area contributed by atoms with Gasteiger partial charge in [-0.15, -0.1) is 0 Å². The largest absolute Gasteiger partial charge is 0.444 e. The molecular formula is C22H35N5O4. The van der Waals surface area contributed by atoms with Crippen molar-refractivity contribution >= 4 is 18.0 Å². The van der Waals surface area contributed by atoms with E-state index in [1.165, 1.54) is 0 Å². The summed E-state index contributed by atoms with van der Waals surface area (Å²) in [7, 11) is 1.67. The summed E-state index contributed by atoms with van der Waals surface area (Å²) in [5.74, 6) is 0.0925. The van der Waals surface area contributed by atoms with E-state index in [9.17, 15) is 9.59 Å². The molecule has 2 amide bonds. The zero-order valence-electron chi connectivity index (χ0n) is 19.5. The van der Waals surface area contributed by atoms with Crippen molar-refractivity contribution in [2.75, 3.05) is 13.6 Å². The summed E-state index contributed by atoms with van der Waals surface area (Å²) >= 11 is 0. The van der Waals surface area contributed by atoms with Crippen LogP contribution in [0.5, 0.6) is 0 Å². The van der Waals surface area contributed by atoms with Crippen LogP contribution in [-0.4, -0.2) is 59.9 Å². The molecule has 1 fully saturated rings. The molecule has 2 atom stereocenters. The molecule has 4 N–H and O–H groups in total. The van der Waals surface area contributed by atoms with Crippen LogP contribution < -0.4 is 16.4 Å². The van der Waals surface area contributed by atoms with Gasteiger partial charge >= 0.3 is 6.09 Å². The third-order valence-electron chi connectivity index (χ3n) is 4.89. The van der Waals surface area contributed by atoms with Crippen molar-refractivity contribution < 1.29 is 19.1 Å². The Morgan fingerprint density at radius 2 is 1.97 bits per heavy atom. The fourth-order valence-electron chi connectivity index (χ4n) is 3.57. The molecular weight excluding hydrogens is 398 g/mol. The molecule has 0 radical (unpaired) electrons. The highest BCUT2D eigenvalue weighted by atomic mass is 16.6. The van der Waals surface area contributed by atoms with Crippen LogP contribution in [0.1, 0.15) is 57.5 Å². The summed E-state index contributed by atoms with van der Waals surface area (Å²) in [6, 6.07) is 6.84. The lowest BCUT2D eigenvalue weighted by molar-refractivity contribution is -0.0755. The molecule has 1 saturated heterocycles. The predicted octanol–water partition coefficient (Wildman–Crippen LogP) is 2.21. The standard InChI is InChI=1S/C22H35N5O4/c1-14-17(27(22(5,6)30-14)20(29)31-21(2,3)4)13-26-19(24-7)25-12-15-9-8-10-16(11-15)18(23)28/h8-11,14,17H,12-13H2,1-7H3,(H2,23,28)(H2,24,25,26). The monoisotopic (exact) mass is 433 g/mol. The number of rotatable bonds is 5. The Morgan fingerprint density at radius 3 is 2.55 bits per heavy atom. The first-order valence-electron chi connectivity index (χ1n) is 10.4. The number of nitrogens with one attached hydrogen (secondary N) is 2. The van der Waals surface area contributed by atoms with Crippen molar-refractivity contribution in [1.29, 1.82) is 0 Å². The maximum atomic E-state index is 12.9. The van der Waals surface area contributed by atoms with E-state index in [0.717, 1.165) is 5.56 Å². The second kappa shape index (κ2) is 9.55. The van der Waals surface area contributed by atoms with Gasteiger partial charge in [-0.2, -0.15) is 0 Å². The molecule has 0 aliphatic carbocycles. The molecule has 0 saturated carbocycles. The van der Waals surface area contributed by atoms with Gasteiger partial charge < -0.3 is 25.8 Å². The molecule has 1 aliphatic heterocycles. The van der Waals surface area contributed by atoms with Gasteiger partial charge in [0, 0.05) is 25.7 Å². The highest BCUT2D eigenvalue weighted by Crippen LogP contribution is 2.33. The molecule has 1 aromatic rings. The number of nitrogens with zero attached hydrogens (tertiary/aromatic N) is 2. The number of benzene rings is 1. The summed E-state index contributed by atoms with van der Waals surface area (Å²) in [5, 5.41) is 6.46. The van der Waals surface area contributed by atoms with Crippen LogP contribution >= 0.6 is 0 Å². The Kier molecular flexibility index (Phi) is 7.54. The van der Waals surface area contributed by atoms with Crippen LogP contribution in [0.2, 0.25) is 0 Å². The lowest BCUT2D eigenvalue weighted by Gasteiger charge is -2.35. The second-order valence-electron chi connectivity index (χ2n) is 9.06. The average Bonchev–Trinajstić information content (AvgIpc) is 2.88. The SMILES string of the molecule is CN=C(NCc1cccc(C(N)=O)c1)NCC1C(C)OC(C)(C)N1C(=O)OC(C)(C)C. The number of primary amides is 1. The number of nitrogens with two attached hydrogens (primary N) is 1. The summed E-state index contributed by atoms with van der Waals surface area (Å²) < 4.78 is 11.6. The average molecular weight is 434 g/mol. The van der Waals surface area contributed by atoms with Crippen molar-refractivity contribution in [2.24, 2.45) is 10.7 Å². The first-order valence-corrected chi connectivity index (χ1v) is 10.4. The molecule has 0 bridgehead atoms. The number of ether oxygens (including phenoxy) is 2. The Morgan fingerprint density at radius 1 is 1.29 bits per heavy atom. The van der Waals surface area contributed by atoms with Crippen LogP contribution in [0.4, 0.5) is 4.79 Å². The number of hydrogen-bond acceptors (Lipinski definition) is 5. The highest BCUT2D eigenvalue weighted by molar-refractivity contribution is 5.92. The Labute approximate surface area is 184 Å². The van der Waals surface area contributed by atoms with Gasteiger partial charge in [-0.3, -0.25) is 14.7 Å². The van der Waals surface area contributed by atoms with E-state index >= 15 is 0 Å². The van der Waals surface area contributed by atoms with Gasteiger partial charge in [0.05, 0.1) is 12.1 Å². The fourth-order valence-corrected chi connectivity index (χ4v) is 3.57. The van der Waals surface area contributed by atoms with E-state index in [1.807, 2.05) is 47.6 Å². The number of carbonyl (C=O) groups is 2.